The Balaban J connectivity index is 1.69. The first-order valence-electron chi connectivity index (χ1n) is 10.7. The predicted octanol–water partition coefficient (Wildman–Crippen LogP) is 7.12. The molecule has 0 fully saturated rings. The van der Waals surface area contributed by atoms with Crippen LogP contribution in [0.2, 0.25) is 0 Å². The third kappa shape index (κ3) is 5.53. The van der Waals surface area contributed by atoms with Crippen LogP contribution in [0.25, 0.3) is 16.8 Å². The van der Waals surface area contributed by atoms with Gasteiger partial charge in [0, 0.05) is 16.8 Å². The van der Waals surface area contributed by atoms with Crippen molar-refractivity contribution in [2.24, 2.45) is 0 Å². The molecule has 180 valence electrons. The van der Waals surface area contributed by atoms with Gasteiger partial charge in [-0.15, -0.1) is 0 Å². The maximum atomic E-state index is 14.1. The van der Waals surface area contributed by atoms with E-state index in [4.69, 9.17) is 4.74 Å². The van der Waals surface area contributed by atoms with Gasteiger partial charge in [-0.25, -0.2) is 4.39 Å². The van der Waals surface area contributed by atoms with E-state index < -0.39 is 23.5 Å². The third-order valence-electron chi connectivity index (χ3n) is 5.37. The van der Waals surface area contributed by atoms with Crippen LogP contribution < -0.4 is 10.1 Å². The lowest BCUT2D eigenvalue weighted by Crippen LogP contribution is -2.14. The topological polar surface area (TPSA) is 62.1 Å². The minimum absolute atomic E-state index is 0.0931. The van der Waals surface area contributed by atoms with E-state index in [0.29, 0.717) is 22.3 Å². The summed E-state index contributed by atoms with van der Waals surface area (Å²) in [4.78, 5) is 12.8. The maximum absolute atomic E-state index is 14.1. The number of carbonyl (C=O) groups excluding carboxylic acids is 1. The Morgan fingerprint density at radius 3 is 2.47 bits per heavy atom. The van der Waals surface area contributed by atoms with Gasteiger partial charge in [0.2, 0.25) is 0 Å². The molecule has 0 atom stereocenters. The first-order chi connectivity index (χ1) is 17.3. The van der Waals surface area contributed by atoms with Gasteiger partial charge in [-0.1, -0.05) is 54.6 Å². The average molecular weight is 490 g/mol. The molecule has 4 aromatic carbocycles. The fourth-order valence-electron chi connectivity index (χ4n) is 3.59. The van der Waals surface area contributed by atoms with Crippen molar-refractivity contribution in [3.05, 3.63) is 113 Å². The second kappa shape index (κ2) is 10.3. The molecule has 0 aliphatic heterocycles. The fraction of sp³-hybridized carbons (Fsp3) is 0.0714. The Kier molecular flexibility index (Phi) is 7.02. The number of amides is 1. The molecule has 0 spiro atoms. The van der Waals surface area contributed by atoms with Gasteiger partial charge in [0.25, 0.3) is 5.91 Å². The van der Waals surface area contributed by atoms with E-state index >= 15 is 0 Å². The Labute approximate surface area is 204 Å². The fourth-order valence-corrected chi connectivity index (χ4v) is 3.59. The molecule has 0 aliphatic rings. The smallest absolute Gasteiger partial charge is 0.416 e. The molecule has 0 saturated heterocycles. The molecule has 8 heteroatoms. The highest BCUT2D eigenvalue weighted by molar-refractivity contribution is 6.11. The Morgan fingerprint density at radius 1 is 0.972 bits per heavy atom. The zero-order valence-electron chi connectivity index (χ0n) is 18.6. The number of halogens is 4. The minimum Gasteiger partial charge on any atom is -0.488 e. The van der Waals surface area contributed by atoms with E-state index in [0.717, 1.165) is 23.6 Å². The molecule has 4 aromatic rings. The van der Waals surface area contributed by atoms with Crippen LogP contribution in [-0.4, -0.2) is 5.91 Å². The number of hydrogen-bond acceptors (Lipinski definition) is 3. The van der Waals surface area contributed by atoms with Crippen molar-refractivity contribution in [2.75, 3.05) is 5.32 Å². The number of rotatable bonds is 6. The van der Waals surface area contributed by atoms with Crippen LogP contribution in [0.15, 0.2) is 90.5 Å². The van der Waals surface area contributed by atoms with Crippen LogP contribution in [-0.2, 0) is 17.6 Å². The molecule has 0 saturated carbocycles. The third-order valence-corrected chi connectivity index (χ3v) is 5.37. The normalized spacial score (nSPS) is 11.7. The molecule has 0 aliphatic carbocycles. The van der Waals surface area contributed by atoms with Gasteiger partial charge < -0.3 is 10.1 Å². The summed E-state index contributed by atoms with van der Waals surface area (Å²) in [6.45, 7) is -0.0931. The monoisotopic (exact) mass is 490 g/mol. The van der Waals surface area contributed by atoms with Crippen LogP contribution in [0, 0.1) is 17.1 Å². The van der Waals surface area contributed by atoms with E-state index in [9.17, 15) is 27.6 Å². The number of nitrogens with zero attached hydrogens (tertiary/aromatic N) is 1. The summed E-state index contributed by atoms with van der Waals surface area (Å²) in [5, 5.41) is 13.5. The molecule has 4 nitrogen and oxygen atoms in total. The van der Waals surface area contributed by atoms with E-state index in [1.54, 1.807) is 48.5 Å². The van der Waals surface area contributed by atoms with Gasteiger partial charge in [0.05, 0.1) is 5.56 Å². The predicted molar refractivity (Wildman–Crippen MR) is 128 cm³/mol. The summed E-state index contributed by atoms with van der Waals surface area (Å²) < 4.78 is 59.0. The molecule has 0 radical (unpaired) electrons. The van der Waals surface area contributed by atoms with Crippen molar-refractivity contribution in [1.82, 2.24) is 0 Å². The number of benzene rings is 4. The van der Waals surface area contributed by atoms with E-state index in [-0.39, 0.29) is 17.9 Å². The van der Waals surface area contributed by atoms with Gasteiger partial charge in [0.1, 0.15) is 29.8 Å². The lowest BCUT2D eigenvalue weighted by Gasteiger charge is -2.13. The lowest BCUT2D eigenvalue weighted by molar-refractivity contribution is -0.137. The number of ether oxygens (including phenoxy) is 1. The molecule has 0 unspecified atom stereocenters. The number of alkyl halides is 3. The molecular formula is C28H18F4N2O2. The zero-order chi connectivity index (χ0) is 25.7. The molecule has 4 rings (SSSR count). The molecule has 1 amide bonds. The van der Waals surface area contributed by atoms with Gasteiger partial charge in [-0.05, 0) is 47.2 Å². The first-order valence-corrected chi connectivity index (χ1v) is 10.7. The molecule has 36 heavy (non-hydrogen) atoms. The average Bonchev–Trinajstić information content (AvgIpc) is 2.86. The number of fused-ring (bicyclic) bond motifs is 1. The Morgan fingerprint density at radius 2 is 1.72 bits per heavy atom. The standard InChI is InChI=1S/C28H18F4N2O2/c29-25-11-4-2-7-19(25)17-36-26-13-12-18-6-1-3-10-23(18)24(26)14-20(16-33)27(35)34-22-9-5-8-21(15-22)28(30,31)32/h1-15H,17H2,(H,34,35)/b20-14+. The molecule has 0 bridgehead atoms. The number of carbonyl (C=O) groups is 1. The highest BCUT2D eigenvalue weighted by Gasteiger charge is 2.30. The molecule has 0 heterocycles. The Hall–Kier alpha value is -4.64. The lowest BCUT2D eigenvalue weighted by atomic mass is 10.0. The number of anilines is 1. The second-order valence-corrected chi connectivity index (χ2v) is 7.78. The first kappa shape index (κ1) is 24.5. The maximum Gasteiger partial charge on any atom is 0.416 e. The van der Waals surface area contributed by atoms with Crippen molar-refractivity contribution in [1.29, 1.82) is 5.26 Å². The van der Waals surface area contributed by atoms with Gasteiger partial charge in [-0.2, -0.15) is 18.4 Å². The summed E-state index contributed by atoms with van der Waals surface area (Å²) in [5.74, 6) is -1.02. The van der Waals surface area contributed by atoms with Gasteiger partial charge >= 0.3 is 6.18 Å². The van der Waals surface area contributed by atoms with E-state index in [1.165, 1.54) is 18.2 Å². The Bertz CT molecular complexity index is 1500. The van der Waals surface area contributed by atoms with Crippen molar-refractivity contribution < 1.29 is 27.1 Å². The van der Waals surface area contributed by atoms with Crippen molar-refractivity contribution >= 4 is 28.4 Å². The van der Waals surface area contributed by atoms with Crippen LogP contribution >= 0.6 is 0 Å². The number of nitrogens with one attached hydrogen (secondary N) is 1. The van der Waals surface area contributed by atoms with Crippen molar-refractivity contribution in [2.45, 2.75) is 12.8 Å². The summed E-state index contributed by atoms with van der Waals surface area (Å²) >= 11 is 0. The SMILES string of the molecule is N#C/C(=C\c1c(OCc2ccccc2F)ccc2ccccc12)C(=O)Nc1cccc(C(F)(F)F)c1. The van der Waals surface area contributed by atoms with Crippen molar-refractivity contribution in [3.8, 4) is 11.8 Å². The van der Waals surface area contributed by atoms with Gasteiger partial charge in [-0.3, -0.25) is 4.79 Å². The van der Waals surface area contributed by atoms with Gasteiger partial charge in [0.15, 0.2) is 0 Å². The summed E-state index contributed by atoms with van der Waals surface area (Å²) in [5.41, 5.74) is -0.659. The van der Waals surface area contributed by atoms with Crippen LogP contribution in [0.1, 0.15) is 16.7 Å². The highest BCUT2D eigenvalue weighted by atomic mass is 19.4. The molecule has 0 aromatic heterocycles. The number of nitriles is 1. The second-order valence-electron chi connectivity index (χ2n) is 7.78. The van der Waals surface area contributed by atoms with E-state index in [1.807, 2.05) is 12.1 Å². The summed E-state index contributed by atoms with van der Waals surface area (Å²) in [6.07, 6.45) is -3.27. The summed E-state index contributed by atoms with van der Waals surface area (Å²) in [6, 6.07) is 22.7. The molecule has 1 N–H and O–H groups in total. The minimum atomic E-state index is -4.58. The van der Waals surface area contributed by atoms with Crippen LogP contribution in [0.3, 0.4) is 0 Å². The molecular weight excluding hydrogens is 472 g/mol. The largest absolute Gasteiger partial charge is 0.488 e. The highest BCUT2D eigenvalue weighted by Crippen LogP contribution is 2.32. The van der Waals surface area contributed by atoms with Crippen LogP contribution in [0.5, 0.6) is 5.75 Å². The zero-order valence-corrected chi connectivity index (χ0v) is 18.6. The summed E-state index contributed by atoms with van der Waals surface area (Å²) in [7, 11) is 0. The van der Waals surface area contributed by atoms with E-state index in [2.05, 4.69) is 5.32 Å². The quantitative estimate of drug-likeness (QED) is 0.178. The van der Waals surface area contributed by atoms with Crippen molar-refractivity contribution in [3.63, 3.8) is 0 Å². The van der Waals surface area contributed by atoms with Crippen LogP contribution in [0.4, 0.5) is 23.2 Å². The number of hydrogen-bond donors (Lipinski definition) is 1.